The Morgan fingerprint density at radius 1 is 1.40 bits per heavy atom. The van der Waals surface area contributed by atoms with Crippen LogP contribution in [-0.4, -0.2) is 19.1 Å². The zero-order valence-electron chi connectivity index (χ0n) is 12.1. The maximum absolute atomic E-state index is 11.6. The number of halogens is 1. The van der Waals surface area contributed by atoms with Gasteiger partial charge in [-0.15, -0.1) is 0 Å². The van der Waals surface area contributed by atoms with Crippen molar-refractivity contribution in [1.82, 2.24) is 0 Å². The first-order valence-corrected chi connectivity index (χ1v) is 7.68. The number of methoxy groups -OCH3 is 1. The second-order valence-corrected chi connectivity index (χ2v) is 5.80. The Morgan fingerprint density at radius 2 is 2.15 bits per heavy atom. The Kier molecular flexibility index (Phi) is 5.30. The highest BCUT2D eigenvalue weighted by Crippen LogP contribution is 2.32. The second kappa shape index (κ2) is 6.98. The van der Waals surface area contributed by atoms with Crippen LogP contribution in [-0.2, 0) is 4.74 Å². The molecule has 110 valence electrons. The molecule has 2 unspecified atom stereocenters. The van der Waals surface area contributed by atoms with Crippen molar-refractivity contribution in [2.45, 2.75) is 45.1 Å². The van der Waals surface area contributed by atoms with Gasteiger partial charge in [-0.2, -0.15) is 0 Å². The van der Waals surface area contributed by atoms with Gasteiger partial charge in [-0.3, -0.25) is 0 Å². The van der Waals surface area contributed by atoms with Crippen molar-refractivity contribution >= 4 is 23.3 Å². The van der Waals surface area contributed by atoms with E-state index in [0.29, 0.717) is 22.5 Å². The van der Waals surface area contributed by atoms with Crippen LogP contribution >= 0.6 is 11.6 Å². The van der Waals surface area contributed by atoms with Crippen LogP contribution in [0.15, 0.2) is 18.2 Å². The fourth-order valence-corrected chi connectivity index (χ4v) is 3.14. The Labute approximate surface area is 125 Å². The Morgan fingerprint density at radius 3 is 2.85 bits per heavy atom. The SMILES string of the molecule is CCC1CCCCC1Nc1cc(C(=O)OC)ccc1Cl. The first-order chi connectivity index (χ1) is 9.65. The average molecular weight is 296 g/mol. The van der Waals surface area contributed by atoms with Crippen LogP contribution < -0.4 is 5.32 Å². The number of hydrogen-bond acceptors (Lipinski definition) is 3. The third-order valence-electron chi connectivity index (χ3n) is 4.16. The molecule has 4 heteroatoms. The molecular weight excluding hydrogens is 274 g/mol. The normalized spacial score (nSPS) is 22.4. The number of benzene rings is 1. The number of anilines is 1. The van der Waals surface area contributed by atoms with E-state index in [1.54, 1.807) is 18.2 Å². The first-order valence-electron chi connectivity index (χ1n) is 7.30. The monoisotopic (exact) mass is 295 g/mol. The summed E-state index contributed by atoms with van der Waals surface area (Å²) in [7, 11) is 1.39. The smallest absolute Gasteiger partial charge is 0.337 e. The number of esters is 1. The number of nitrogens with one attached hydrogen (secondary N) is 1. The van der Waals surface area contributed by atoms with E-state index < -0.39 is 0 Å². The van der Waals surface area contributed by atoms with Gasteiger partial charge < -0.3 is 10.1 Å². The van der Waals surface area contributed by atoms with Crippen molar-refractivity contribution in [3.8, 4) is 0 Å². The topological polar surface area (TPSA) is 38.3 Å². The molecule has 1 aliphatic rings. The Hall–Kier alpha value is -1.22. The molecular formula is C16H22ClNO2. The molecule has 20 heavy (non-hydrogen) atoms. The van der Waals surface area contributed by atoms with E-state index >= 15 is 0 Å². The molecule has 0 amide bonds. The van der Waals surface area contributed by atoms with Crippen LogP contribution in [0.4, 0.5) is 5.69 Å². The minimum atomic E-state index is -0.333. The van der Waals surface area contributed by atoms with E-state index in [1.807, 2.05) is 0 Å². The van der Waals surface area contributed by atoms with Gasteiger partial charge in [0, 0.05) is 6.04 Å². The fraction of sp³-hybridized carbons (Fsp3) is 0.562. The molecule has 3 nitrogen and oxygen atoms in total. The molecule has 1 aromatic rings. The molecule has 2 atom stereocenters. The molecule has 0 heterocycles. The second-order valence-electron chi connectivity index (χ2n) is 5.39. The number of ether oxygens (including phenoxy) is 1. The van der Waals surface area contributed by atoms with Gasteiger partial charge in [-0.25, -0.2) is 4.79 Å². The van der Waals surface area contributed by atoms with Gasteiger partial charge in [0.15, 0.2) is 0 Å². The maximum Gasteiger partial charge on any atom is 0.337 e. The van der Waals surface area contributed by atoms with Gasteiger partial charge >= 0.3 is 5.97 Å². The minimum absolute atomic E-state index is 0.333. The predicted octanol–water partition coefficient (Wildman–Crippen LogP) is 4.51. The highest BCUT2D eigenvalue weighted by molar-refractivity contribution is 6.33. The molecule has 0 aliphatic heterocycles. The first kappa shape index (κ1) is 15.2. The highest BCUT2D eigenvalue weighted by atomic mass is 35.5. The summed E-state index contributed by atoms with van der Waals surface area (Å²) in [6.45, 7) is 2.23. The molecule has 1 aliphatic carbocycles. The lowest BCUT2D eigenvalue weighted by atomic mass is 9.83. The summed E-state index contributed by atoms with van der Waals surface area (Å²) in [4.78, 5) is 11.6. The third-order valence-corrected chi connectivity index (χ3v) is 4.49. The Balaban J connectivity index is 2.17. The molecule has 0 spiro atoms. The van der Waals surface area contributed by atoms with Gasteiger partial charge in [0.2, 0.25) is 0 Å². The van der Waals surface area contributed by atoms with Crippen molar-refractivity contribution in [2.24, 2.45) is 5.92 Å². The number of carbonyl (C=O) groups is 1. The van der Waals surface area contributed by atoms with Crippen molar-refractivity contribution in [2.75, 3.05) is 12.4 Å². The number of hydrogen-bond donors (Lipinski definition) is 1. The van der Waals surface area contributed by atoms with Gasteiger partial charge in [0.05, 0.1) is 23.4 Å². The Bertz CT molecular complexity index is 476. The number of carbonyl (C=O) groups excluding carboxylic acids is 1. The number of rotatable bonds is 4. The van der Waals surface area contributed by atoms with Crippen LogP contribution in [0.1, 0.15) is 49.4 Å². The van der Waals surface area contributed by atoms with Crippen LogP contribution in [0.3, 0.4) is 0 Å². The molecule has 1 aromatic carbocycles. The summed E-state index contributed by atoms with van der Waals surface area (Å²) in [6.07, 6.45) is 6.17. The lowest BCUT2D eigenvalue weighted by molar-refractivity contribution is 0.0601. The van der Waals surface area contributed by atoms with Crippen LogP contribution in [0.2, 0.25) is 5.02 Å². The lowest BCUT2D eigenvalue weighted by Crippen LogP contribution is -2.32. The fourth-order valence-electron chi connectivity index (χ4n) is 2.97. The quantitative estimate of drug-likeness (QED) is 0.831. The molecule has 1 fully saturated rings. The summed E-state index contributed by atoms with van der Waals surface area (Å²) >= 11 is 6.24. The van der Waals surface area contributed by atoms with Crippen molar-refractivity contribution in [3.05, 3.63) is 28.8 Å². The summed E-state index contributed by atoms with van der Waals surface area (Å²) < 4.78 is 4.75. The van der Waals surface area contributed by atoms with Gasteiger partial charge in [0.1, 0.15) is 0 Å². The molecule has 0 radical (unpaired) electrons. The van der Waals surface area contributed by atoms with Crippen LogP contribution in [0, 0.1) is 5.92 Å². The zero-order chi connectivity index (χ0) is 14.5. The van der Waals surface area contributed by atoms with Crippen LogP contribution in [0.25, 0.3) is 0 Å². The average Bonchev–Trinajstić information content (AvgIpc) is 2.49. The predicted molar refractivity (Wildman–Crippen MR) is 82.5 cm³/mol. The van der Waals surface area contributed by atoms with E-state index in [2.05, 4.69) is 12.2 Å². The van der Waals surface area contributed by atoms with E-state index in [4.69, 9.17) is 16.3 Å². The molecule has 0 bridgehead atoms. The van der Waals surface area contributed by atoms with Crippen molar-refractivity contribution in [1.29, 1.82) is 0 Å². The summed E-state index contributed by atoms with van der Waals surface area (Å²) in [5.74, 6) is 0.349. The molecule has 0 saturated heterocycles. The third kappa shape index (κ3) is 3.45. The molecule has 2 rings (SSSR count). The van der Waals surface area contributed by atoms with E-state index in [-0.39, 0.29) is 5.97 Å². The summed E-state index contributed by atoms with van der Waals surface area (Å²) in [6, 6.07) is 5.67. The zero-order valence-corrected chi connectivity index (χ0v) is 12.9. The summed E-state index contributed by atoms with van der Waals surface area (Å²) in [5.41, 5.74) is 1.36. The highest BCUT2D eigenvalue weighted by Gasteiger charge is 2.24. The van der Waals surface area contributed by atoms with E-state index in [1.165, 1.54) is 32.8 Å². The van der Waals surface area contributed by atoms with Gasteiger partial charge in [0.25, 0.3) is 0 Å². The molecule has 0 aromatic heterocycles. The summed E-state index contributed by atoms with van der Waals surface area (Å²) in [5, 5.41) is 4.18. The van der Waals surface area contributed by atoms with Gasteiger partial charge in [-0.1, -0.05) is 37.8 Å². The largest absolute Gasteiger partial charge is 0.465 e. The van der Waals surface area contributed by atoms with Crippen LogP contribution in [0.5, 0.6) is 0 Å². The minimum Gasteiger partial charge on any atom is -0.465 e. The van der Waals surface area contributed by atoms with E-state index in [9.17, 15) is 4.79 Å². The maximum atomic E-state index is 11.6. The lowest BCUT2D eigenvalue weighted by Gasteiger charge is -2.32. The van der Waals surface area contributed by atoms with Crippen molar-refractivity contribution < 1.29 is 9.53 Å². The molecule has 1 N–H and O–H groups in total. The van der Waals surface area contributed by atoms with Gasteiger partial charge in [-0.05, 0) is 37.0 Å². The standard InChI is InChI=1S/C16H22ClNO2/c1-3-11-6-4-5-7-14(11)18-15-10-12(16(19)20-2)8-9-13(15)17/h8-11,14,18H,3-7H2,1-2H3. The van der Waals surface area contributed by atoms with E-state index in [0.717, 1.165) is 12.1 Å². The molecule has 1 saturated carbocycles. The van der Waals surface area contributed by atoms with Crippen molar-refractivity contribution in [3.63, 3.8) is 0 Å².